The van der Waals surface area contributed by atoms with Gasteiger partial charge in [0.1, 0.15) is 6.33 Å². The SMILES string of the molecule is CCNC1CCc2cc(-c3cncnc3)ccc21. The summed E-state index contributed by atoms with van der Waals surface area (Å²) < 4.78 is 0. The molecule has 0 bridgehead atoms. The number of rotatable bonds is 3. The standard InChI is InChI=1S/C15H17N3/c1-2-18-15-6-4-12-7-11(3-5-14(12)15)13-8-16-10-17-9-13/h3,5,7-10,15,18H,2,4,6H2,1H3. The van der Waals surface area contributed by atoms with Gasteiger partial charge in [0.2, 0.25) is 0 Å². The lowest BCUT2D eigenvalue weighted by Crippen LogP contribution is -2.18. The lowest BCUT2D eigenvalue weighted by molar-refractivity contribution is 0.549. The molecule has 92 valence electrons. The van der Waals surface area contributed by atoms with Crippen molar-refractivity contribution >= 4 is 0 Å². The van der Waals surface area contributed by atoms with Crippen LogP contribution in [-0.2, 0) is 6.42 Å². The minimum atomic E-state index is 0.533. The maximum absolute atomic E-state index is 4.08. The molecule has 0 fully saturated rings. The highest BCUT2D eigenvalue weighted by Gasteiger charge is 2.21. The molecule has 0 spiro atoms. The predicted molar refractivity (Wildman–Crippen MR) is 72.2 cm³/mol. The van der Waals surface area contributed by atoms with Crippen molar-refractivity contribution in [2.75, 3.05) is 6.54 Å². The normalized spacial score (nSPS) is 17.7. The molecule has 2 aromatic rings. The highest BCUT2D eigenvalue weighted by Crippen LogP contribution is 2.33. The molecule has 1 atom stereocenters. The molecule has 0 amide bonds. The molecule has 1 aromatic carbocycles. The van der Waals surface area contributed by atoms with E-state index in [0.29, 0.717) is 6.04 Å². The van der Waals surface area contributed by atoms with E-state index >= 15 is 0 Å². The average Bonchev–Trinajstić information content (AvgIpc) is 2.83. The molecule has 1 aliphatic rings. The Morgan fingerprint density at radius 3 is 2.83 bits per heavy atom. The van der Waals surface area contributed by atoms with Crippen LogP contribution in [0.1, 0.15) is 30.5 Å². The van der Waals surface area contributed by atoms with Gasteiger partial charge in [0.25, 0.3) is 0 Å². The van der Waals surface area contributed by atoms with Crippen molar-refractivity contribution in [1.82, 2.24) is 15.3 Å². The fraction of sp³-hybridized carbons (Fsp3) is 0.333. The van der Waals surface area contributed by atoms with Crippen molar-refractivity contribution in [3.63, 3.8) is 0 Å². The Labute approximate surface area is 107 Å². The first kappa shape index (κ1) is 11.4. The molecule has 3 heteroatoms. The van der Waals surface area contributed by atoms with Crippen LogP contribution in [0.5, 0.6) is 0 Å². The number of aromatic nitrogens is 2. The Bertz CT molecular complexity index is 537. The smallest absolute Gasteiger partial charge is 0.115 e. The van der Waals surface area contributed by atoms with Gasteiger partial charge in [-0.15, -0.1) is 0 Å². The van der Waals surface area contributed by atoms with E-state index in [-0.39, 0.29) is 0 Å². The fourth-order valence-electron chi connectivity index (χ4n) is 2.70. The number of hydrogen-bond donors (Lipinski definition) is 1. The van der Waals surface area contributed by atoms with Gasteiger partial charge in [-0.3, -0.25) is 0 Å². The minimum absolute atomic E-state index is 0.533. The van der Waals surface area contributed by atoms with E-state index in [1.807, 2.05) is 12.4 Å². The second-order valence-electron chi connectivity index (χ2n) is 4.69. The third-order valence-corrected chi connectivity index (χ3v) is 3.57. The molecule has 3 nitrogen and oxygen atoms in total. The first-order valence-corrected chi connectivity index (χ1v) is 6.50. The molecule has 1 heterocycles. The highest BCUT2D eigenvalue weighted by molar-refractivity contribution is 5.63. The second-order valence-corrected chi connectivity index (χ2v) is 4.69. The van der Waals surface area contributed by atoms with Crippen molar-refractivity contribution in [3.8, 4) is 11.1 Å². The molecule has 0 aliphatic heterocycles. The molecule has 0 saturated carbocycles. The molecule has 1 aromatic heterocycles. The topological polar surface area (TPSA) is 37.8 Å². The number of nitrogens with zero attached hydrogens (tertiary/aromatic N) is 2. The van der Waals surface area contributed by atoms with Gasteiger partial charge in [0.05, 0.1) is 0 Å². The van der Waals surface area contributed by atoms with E-state index in [4.69, 9.17) is 0 Å². The van der Waals surface area contributed by atoms with E-state index < -0.39 is 0 Å². The van der Waals surface area contributed by atoms with Crippen LogP contribution in [0, 0.1) is 0 Å². The number of benzene rings is 1. The summed E-state index contributed by atoms with van der Waals surface area (Å²) in [6, 6.07) is 7.24. The van der Waals surface area contributed by atoms with Gasteiger partial charge in [0, 0.05) is 24.0 Å². The Hall–Kier alpha value is -1.74. The van der Waals surface area contributed by atoms with Crippen LogP contribution in [0.15, 0.2) is 36.9 Å². The summed E-state index contributed by atoms with van der Waals surface area (Å²) in [7, 11) is 0. The van der Waals surface area contributed by atoms with Crippen LogP contribution < -0.4 is 5.32 Å². The van der Waals surface area contributed by atoms with Gasteiger partial charge in [-0.1, -0.05) is 25.1 Å². The Morgan fingerprint density at radius 1 is 1.22 bits per heavy atom. The molecule has 18 heavy (non-hydrogen) atoms. The summed E-state index contributed by atoms with van der Waals surface area (Å²) in [5, 5.41) is 3.54. The summed E-state index contributed by atoms with van der Waals surface area (Å²) in [6.07, 6.45) is 7.67. The fourth-order valence-corrected chi connectivity index (χ4v) is 2.70. The molecule has 3 rings (SSSR count). The van der Waals surface area contributed by atoms with Gasteiger partial charge < -0.3 is 5.32 Å². The van der Waals surface area contributed by atoms with E-state index in [9.17, 15) is 0 Å². The van der Waals surface area contributed by atoms with E-state index in [1.54, 1.807) is 6.33 Å². The van der Waals surface area contributed by atoms with Crippen LogP contribution in [0.25, 0.3) is 11.1 Å². The summed E-state index contributed by atoms with van der Waals surface area (Å²) in [4.78, 5) is 8.15. The molecular formula is C15H17N3. The van der Waals surface area contributed by atoms with Crippen LogP contribution in [0.3, 0.4) is 0 Å². The first-order valence-electron chi connectivity index (χ1n) is 6.50. The van der Waals surface area contributed by atoms with Crippen molar-refractivity contribution in [3.05, 3.63) is 48.0 Å². The number of aryl methyl sites for hydroxylation is 1. The third kappa shape index (κ3) is 2.02. The zero-order valence-electron chi connectivity index (χ0n) is 10.6. The van der Waals surface area contributed by atoms with Crippen LogP contribution in [-0.4, -0.2) is 16.5 Å². The van der Waals surface area contributed by atoms with Gasteiger partial charge in [0.15, 0.2) is 0 Å². The van der Waals surface area contributed by atoms with Crippen molar-refractivity contribution in [2.24, 2.45) is 0 Å². The Morgan fingerprint density at radius 2 is 2.06 bits per heavy atom. The van der Waals surface area contributed by atoms with E-state index in [0.717, 1.165) is 18.5 Å². The molecule has 1 aliphatic carbocycles. The molecule has 1 N–H and O–H groups in total. The van der Waals surface area contributed by atoms with Crippen LogP contribution in [0.2, 0.25) is 0 Å². The van der Waals surface area contributed by atoms with Crippen LogP contribution in [0.4, 0.5) is 0 Å². The molecule has 0 saturated heterocycles. The van der Waals surface area contributed by atoms with Gasteiger partial charge in [-0.2, -0.15) is 0 Å². The lowest BCUT2D eigenvalue weighted by atomic mass is 10.0. The predicted octanol–water partition coefficient (Wildman–Crippen LogP) is 2.74. The Kier molecular flexibility index (Phi) is 3.07. The van der Waals surface area contributed by atoms with Gasteiger partial charge >= 0.3 is 0 Å². The number of nitrogens with one attached hydrogen (secondary N) is 1. The summed E-state index contributed by atoms with van der Waals surface area (Å²) >= 11 is 0. The number of hydrogen-bond acceptors (Lipinski definition) is 3. The van der Waals surface area contributed by atoms with Crippen molar-refractivity contribution in [2.45, 2.75) is 25.8 Å². The Balaban J connectivity index is 1.94. The zero-order chi connectivity index (χ0) is 12.4. The first-order chi connectivity index (χ1) is 8.88. The second kappa shape index (κ2) is 4.86. The third-order valence-electron chi connectivity index (χ3n) is 3.57. The van der Waals surface area contributed by atoms with Gasteiger partial charge in [-0.05, 0) is 36.1 Å². The number of fused-ring (bicyclic) bond motifs is 1. The van der Waals surface area contributed by atoms with E-state index in [2.05, 4.69) is 40.4 Å². The van der Waals surface area contributed by atoms with E-state index in [1.165, 1.54) is 23.1 Å². The van der Waals surface area contributed by atoms with Crippen LogP contribution >= 0.6 is 0 Å². The lowest BCUT2D eigenvalue weighted by Gasteiger charge is -2.12. The maximum atomic E-state index is 4.08. The minimum Gasteiger partial charge on any atom is -0.310 e. The van der Waals surface area contributed by atoms with Crippen molar-refractivity contribution < 1.29 is 0 Å². The summed E-state index contributed by atoms with van der Waals surface area (Å²) in [5.41, 5.74) is 5.22. The van der Waals surface area contributed by atoms with Gasteiger partial charge in [-0.25, -0.2) is 9.97 Å². The summed E-state index contributed by atoms with van der Waals surface area (Å²) in [5.74, 6) is 0. The summed E-state index contributed by atoms with van der Waals surface area (Å²) in [6.45, 7) is 3.19. The maximum Gasteiger partial charge on any atom is 0.115 e. The largest absolute Gasteiger partial charge is 0.310 e. The zero-order valence-corrected chi connectivity index (χ0v) is 10.6. The van der Waals surface area contributed by atoms with Crippen molar-refractivity contribution in [1.29, 1.82) is 0 Å². The molecule has 1 unspecified atom stereocenters. The average molecular weight is 239 g/mol. The molecule has 0 radical (unpaired) electrons. The monoisotopic (exact) mass is 239 g/mol. The molecular weight excluding hydrogens is 222 g/mol. The highest BCUT2D eigenvalue weighted by atomic mass is 14.9. The quantitative estimate of drug-likeness (QED) is 0.895.